The second kappa shape index (κ2) is 22.3. The van der Waals surface area contributed by atoms with Gasteiger partial charge in [0.15, 0.2) is 0 Å². The maximum Gasteiger partial charge on any atom is 0.324 e. The fourth-order valence-electron chi connectivity index (χ4n) is 11.8. The topological polar surface area (TPSA) is 187 Å². The van der Waals surface area contributed by atoms with E-state index in [1.165, 1.54) is 14.8 Å². The smallest absolute Gasteiger partial charge is 0.324 e. The lowest BCUT2D eigenvalue weighted by molar-refractivity contribution is -0.155. The highest BCUT2D eigenvalue weighted by atomic mass is 28.4. The van der Waals surface area contributed by atoms with Crippen molar-refractivity contribution in [2.45, 2.75) is 174 Å². The Hall–Kier alpha value is -5.62. The number of cyclic esters (lactones) is 1. The molecule has 5 aliphatic rings. The van der Waals surface area contributed by atoms with Gasteiger partial charge in [0.25, 0.3) is 5.91 Å². The third-order valence-corrected chi connectivity index (χ3v) is 21.9. The first-order valence-electron chi connectivity index (χ1n) is 28.3. The van der Waals surface area contributed by atoms with E-state index in [1.807, 2.05) is 19.1 Å². The lowest BCUT2D eigenvalue weighted by Gasteiger charge is -2.37. The van der Waals surface area contributed by atoms with Crippen LogP contribution in [-0.2, 0) is 52.8 Å². The first kappa shape index (κ1) is 56.1. The maximum atomic E-state index is 15.3. The molecule has 0 radical (unpaired) electrons. The highest BCUT2D eigenvalue weighted by molar-refractivity contribution is 6.74. The first-order chi connectivity index (χ1) is 36.5. The number of nitrogens with zero attached hydrogens (tertiary/aromatic N) is 5. The molecule has 3 N–H and O–H groups in total. The molecule has 2 aromatic carbocycles. The zero-order valence-electron chi connectivity index (χ0n) is 47.7. The van der Waals surface area contributed by atoms with E-state index in [1.54, 1.807) is 27.4 Å². The molecule has 2 saturated carbocycles. The molecule has 2 aliphatic carbocycles. The van der Waals surface area contributed by atoms with Crippen molar-refractivity contribution in [2.75, 3.05) is 40.9 Å². The number of ether oxygens (including phenoxy) is 2. The van der Waals surface area contributed by atoms with E-state index < -0.39 is 49.6 Å². The fraction of sp³-hybridized carbons (Fsp3) is 0.600. The van der Waals surface area contributed by atoms with Crippen LogP contribution in [0.3, 0.4) is 0 Å². The molecule has 9 rings (SSSR count). The van der Waals surface area contributed by atoms with E-state index >= 15 is 9.59 Å². The van der Waals surface area contributed by atoms with Crippen molar-refractivity contribution in [3.63, 3.8) is 0 Å². The number of hydrogen-bond donors (Lipinski definition) is 3. The van der Waals surface area contributed by atoms with E-state index in [4.69, 9.17) is 18.9 Å². The van der Waals surface area contributed by atoms with Gasteiger partial charge in [0.2, 0.25) is 26.0 Å². The summed E-state index contributed by atoms with van der Waals surface area (Å²) >= 11 is 0. The molecule has 416 valence electrons. The van der Waals surface area contributed by atoms with Gasteiger partial charge in [-0.3, -0.25) is 39.3 Å². The SMILES string of the molecule is CCn1c(-c2cccnc2[C@H](C)OC)c2c3cc(ccc31)-c1cc(cc(O[Si](C)(C)C(C)(C)C)c1)C[C@H](NC(=O)[C@H](C1CCCC1)N(C)C(=O)CN(C)C(=O)[C@@H]1N[C@@H]1C1CC1)C(=O)N1CCC[C@H](N1)C(=O)OCC(C)(C)C2. The van der Waals surface area contributed by atoms with Crippen LogP contribution in [-0.4, -0.2) is 133 Å². The van der Waals surface area contributed by atoms with Crippen LogP contribution in [0.25, 0.3) is 33.3 Å². The molecule has 16 nitrogen and oxygen atoms in total. The van der Waals surface area contributed by atoms with E-state index in [2.05, 4.69) is 112 Å². The number of hydrazine groups is 1. The van der Waals surface area contributed by atoms with Gasteiger partial charge in [0.1, 0.15) is 29.9 Å². The van der Waals surface area contributed by atoms with Crippen LogP contribution in [0, 0.1) is 17.3 Å². The minimum atomic E-state index is -2.43. The summed E-state index contributed by atoms with van der Waals surface area (Å²) in [6, 6.07) is 13.9. The number of likely N-dealkylation sites (N-methyl/N-ethyl adjacent to an activating group) is 2. The molecule has 0 spiro atoms. The number of amides is 4. The number of benzene rings is 2. The predicted molar refractivity (Wildman–Crippen MR) is 301 cm³/mol. The van der Waals surface area contributed by atoms with Crippen molar-refractivity contribution >= 4 is 48.8 Å². The summed E-state index contributed by atoms with van der Waals surface area (Å²) in [7, 11) is 2.56. The van der Waals surface area contributed by atoms with Gasteiger partial charge in [0.05, 0.1) is 30.6 Å². The molecule has 6 bridgehead atoms. The van der Waals surface area contributed by atoms with E-state index in [9.17, 15) is 14.4 Å². The van der Waals surface area contributed by atoms with Crippen LogP contribution in [0.4, 0.5) is 0 Å². The molecule has 17 heteroatoms. The minimum Gasteiger partial charge on any atom is -0.543 e. The number of hydrogen-bond acceptors (Lipinski definition) is 11. The number of esters is 1. The monoisotopic (exact) mass is 1070 g/mol. The molecule has 4 aromatic rings. The van der Waals surface area contributed by atoms with Crippen molar-refractivity contribution in [1.82, 2.24) is 40.4 Å². The quantitative estimate of drug-likeness (QED) is 0.0626. The third-order valence-electron chi connectivity index (χ3n) is 17.5. The molecule has 3 aliphatic heterocycles. The first-order valence-corrected chi connectivity index (χ1v) is 31.2. The van der Waals surface area contributed by atoms with Crippen LogP contribution in [0.2, 0.25) is 18.1 Å². The van der Waals surface area contributed by atoms with Crippen LogP contribution in [0.1, 0.15) is 123 Å². The second-order valence-electron chi connectivity index (χ2n) is 25.1. The Morgan fingerprint density at radius 1 is 0.987 bits per heavy atom. The van der Waals surface area contributed by atoms with Crippen molar-refractivity contribution in [3.8, 4) is 28.1 Å². The molecule has 4 amide bonds. The molecular formula is C60H84N8O8Si. The fourth-order valence-corrected chi connectivity index (χ4v) is 12.8. The summed E-state index contributed by atoms with van der Waals surface area (Å²) in [5.74, 6) is -0.711. The van der Waals surface area contributed by atoms with Crippen molar-refractivity contribution in [1.29, 1.82) is 0 Å². The van der Waals surface area contributed by atoms with Crippen LogP contribution in [0.15, 0.2) is 54.7 Å². The van der Waals surface area contributed by atoms with Gasteiger partial charge in [0, 0.05) is 74.8 Å². The number of carbonyl (C=O) groups is 5. The highest BCUT2D eigenvalue weighted by Crippen LogP contribution is 2.44. The summed E-state index contributed by atoms with van der Waals surface area (Å²) in [6.45, 7) is 20.4. The van der Waals surface area contributed by atoms with Gasteiger partial charge in [-0.15, -0.1) is 0 Å². The largest absolute Gasteiger partial charge is 0.543 e. The Bertz CT molecular complexity index is 2880. The maximum absolute atomic E-state index is 15.3. The van der Waals surface area contributed by atoms with E-state index in [0.29, 0.717) is 44.0 Å². The lowest BCUT2D eigenvalue weighted by atomic mass is 9.84. The molecule has 2 saturated heterocycles. The van der Waals surface area contributed by atoms with E-state index in [0.717, 1.165) is 88.6 Å². The number of aryl methyl sites for hydroxylation is 1. The minimum absolute atomic E-state index is 0.0852. The van der Waals surface area contributed by atoms with Gasteiger partial charge in [-0.05, 0) is 147 Å². The zero-order valence-corrected chi connectivity index (χ0v) is 48.7. The average molecular weight is 1070 g/mol. The lowest BCUT2D eigenvalue weighted by Crippen LogP contribution is -2.62. The predicted octanol–water partition coefficient (Wildman–Crippen LogP) is 8.36. The number of methoxy groups -OCH3 is 1. The molecule has 2 aromatic heterocycles. The zero-order chi connectivity index (χ0) is 55.3. The highest BCUT2D eigenvalue weighted by Gasteiger charge is 2.52. The van der Waals surface area contributed by atoms with Crippen molar-refractivity contribution < 1.29 is 37.9 Å². The Morgan fingerprint density at radius 3 is 2.42 bits per heavy atom. The molecule has 6 atom stereocenters. The summed E-state index contributed by atoms with van der Waals surface area (Å²) < 4.78 is 21.6. The van der Waals surface area contributed by atoms with Crippen molar-refractivity contribution in [3.05, 3.63) is 71.5 Å². The normalized spacial score (nSPS) is 22.9. The Labute approximate surface area is 456 Å². The van der Waals surface area contributed by atoms with Crippen LogP contribution < -0.4 is 20.5 Å². The van der Waals surface area contributed by atoms with Gasteiger partial charge in [-0.25, -0.2) is 5.43 Å². The summed E-state index contributed by atoms with van der Waals surface area (Å²) in [5.41, 5.74) is 10.3. The number of rotatable bonds is 14. The van der Waals surface area contributed by atoms with Gasteiger partial charge in [-0.1, -0.05) is 59.6 Å². The third kappa shape index (κ3) is 12.0. The average Bonchev–Trinajstić information content (AvgIpc) is 4.43. The molecule has 4 fully saturated rings. The van der Waals surface area contributed by atoms with Crippen LogP contribution in [0.5, 0.6) is 5.75 Å². The molecule has 5 heterocycles. The van der Waals surface area contributed by atoms with Gasteiger partial charge in [-0.2, -0.15) is 0 Å². The van der Waals surface area contributed by atoms with Crippen LogP contribution >= 0.6 is 0 Å². The molecule has 0 unspecified atom stereocenters. The molecular weight excluding hydrogens is 989 g/mol. The Balaban J connectivity index is 1.14. The Kier molecular flexibility index (Phi) is 16.2. The number of pyridine rings is 1. The van der Waals surface area contributed by atoms with Gasteiger partial charge >= 0.3 is 5.97 Å². The van der Waals surface area contributed by atoms with E-state index in [-0.39, 0.29) is 60.5 Å². The summed E-state index contributed by atoms with van der Waals surface area (Å²) in [4.78, 5) is 80.2. The summed E-state index contributed by atoms with van der Waals surface area (Å²) in [6.07, 6.45) is 8.71. The number of aromatic nitrogens is 2. The van der Waals surface area contributed by atoms with Crippen molar-refractivity contribution in [2.24, 2.45) is 17.3 Å². The van der Waals surface area contributed by atoms with Gasteiger partial charge < -0.3 is 33.6 Å². The number of carbonyl (C=O) groups excluding carboxylic acids is 5. The Morgan fingerprint density at radius 2 is 1.73 bits per heavy atom. The summed E-state index contributed by atoms with van der Waals surface area (Å²) in [5, 5.41) is 8.91. The standard InChI is InChI=1S/C60H84N8O8Si/c1-13-67-48-25-24-40-32-44(48)45(54(67)43-20-16-26-61-50(43)36(2)74-10)33-60(6,7)35-75-58(73)46-21-17-27-68(64-46)56(71)47(30-37-28-41(40)31-42(29-37)76-77(11,12)59(3,4)5)62-55(70)53(39-18-14-15-19-39)66(9)49(69)34-65(8)57(72)52-51(63-52)38-22-23-38/h16,20,24-26,28-29,31-32,36,38-39,46-47,51-53,63-64H,13-15,17-19,21-23,27,30,33-35H2,1-12H3,(H,62,70)/t36-,46-,47-,51+,52+,53-/m0/s1. The second-order valence-corrected chi connectivity index (χ2v) is 29.8. The number of fused-ring (bicyclic) bond motifs is 6. The number of nitrogens with one attached hydrogen (secondary N) is 3. The molecule has 77 heavy (non-hydrogen) atoms.